The molecule has 0 unspecified atom stereocenters. The van der Waals surface area contributed by atoms with Crippen LogP contribution in [-0.4, -0.2) is 54.4 Å². The number of anilines is 2. The Morgan fingerprint density at radius 2 is 1.61 bits per heavy atom. The van der Waals surface area contributed by atoms with Crippen molar-refractivity contribution in [3.05, 3.63) is 108 Å². The largest absolute Gasteiger partial charge is 0.368 e. The van der Waals surface area contributed by atoms with Gasteiger partial charge in [-0.15, -0.1) is 0 Å². The molecule has 0 saturated carbocycles. The van der Waals surface area contributed by atoms with Crippen molar-refractivity contribution in [2.24, 2.45) is 0 Å². The molecule has 0 spiro atoms. The molecule has 0 radical (unpaired) electrons. The standard InChI is InChI=1S/C30H26ClFN6O2S/c31-30-28(36-41(39,40)25-4-2-24(32)3-5-25)18-23(19-35-30)22-1-6-27-26(17-22)29(9-12-34-27)38-15-13-37(14-16-38)20-21-7-10-33-11-8-21/h1-12,17-19,36H,13-16,20H2. The third kappa shape index (κ3) is 6.00. The van der Waals surface area contributed by atoms with Crippen molar-refractivity contribution in [2.75, 3.05) is 35.8 Å². The number of sulfonamides is 1. The molecule has 0 bridgehead atoms. The summed E-state index contributed by atoms with van der Waals surface area (Å²) in [5.41, 5.74) is 4.87. The van der Waals surface area contributed by atoms with Crippen molar-refractivity contribution >= 4 is 43.9 Å². The van der Waals surface area contributed by atoms with E-state index in [4.69, 9.17) is 11.6 Å². The predicted molar refractivity (Wildman–Crippen MR) is 159 cm³/mol. The van der Waals surface area contributed by atoms with E-state index < -0.39 is 15.8 Å². The summed E-state index contributed by atoms with van der Waals surface area (Å²) < 4.78 is 41.6. The summed E-state index contributed by atoms with van der Waals surface area (Å²) in [4.78, 5) is 17.6. The highest BCUT2D eigenvalue weighted by Crippen LogP contribution is 2.33. The number of aromatic nitrogens is 3. The van der Waals surface area contributed by atoms with Gasteiger partial charge in [-0.25, -0.2) is 17.8 Å². The summed E-state index contributed by atoms with van der Waals surface area (Å²) in [6.07, 6.45) is 7.08. The number of piperazine rings is 1. The van der Waals surface area contributed by atoms with Gasteiger partial charge in [0.15, 0.2) is 5.15 Å². The first kappa shape index (κ1) is 27.1. The smallest absolute Gasteiger partial charge is 0.261 e. The van der Waals surface area contributed by atoms with Crippen LogP contribution in [0.25, 0.3) is 22.0 Å². The highest BCUT2D eigenvalue weighted by atomic mass is 35.5. The summed E-state index contributed by atoms with van der Waals surface area (Å²) >= 11 is 6.27. The second-order valence-corrected chi connectivity index (χ2v) is 11.8. The summed E-state index contributed by atoms with van der Waals surface area (Å²) in [6.45, 7) is 4.53. The molecule has 3 aromatic heterocycles. The molecule has 2 aromatic carbocycles. The molecule has 5 aromatic rings. The first-order valence-corrected chi connectivity index (χ1v) is 14.9. The fourth-order valence-electron chi connectivity index (χ4n) is 4.98. The lowest BCUT2D eigenvalue weighted by Crippen LogP contribution is -2.46. The zero-order valence-electron chi connectivity index (χ0n) is 21.9. The van der Waals surface area contributed by atoms with Crippen molar-refractivity contribution in [3.8, 4) is 11.1 Å². The van der Waals surface area contributed by atoms with Gasteiger partial charge in [-0.05, 0) is 71.8 Å². The molecule has 8 nitrogen and oxygen atoms in total. The van der Waals surface area contributed by atoms with E-state index >= 15 is 0 Å². The van der Waals surface area contributed by atoms with Crippen LogP contribution in [0.3, 0.4) is 0 Å². The molecular weight excluding hydrogens is 563 g/mol. The lowest BCUT2D eigenvalue weighted by atomic mass is 10.0. The summed E-state index contributed by atoms with van der Waals surface area (Å²) in [6, 6.07) is 18.3. The zero-order valence-corrected chi connectivity index (χ0v) is 23.5. The number of pyridine rings is 3. The highest BCUT2D eigenvalue weighted by molar-refractivity contribution is 7.92. The minimum Gasteiger partial charge on any atom is -0.368 e. The third-order valence-corrected chi connectivity index (χ3v) is 8.81. The second-order valence-electron chi connectivity index (χ2n) is 9.80. The van der Waals surface area contributed by atoms with Crippen LogP contribution >= 0.6 is 11.6 Å². The Hall–Kier alpha value is -4.12. The zero-order chi connectivity index (χ0) is 28.4. The molecule has 6 rings (SSSR count). The van der Waals surface area contributed by atoms with Crippen LogP contribution in [0.2, 0.25) is 5.15 Å². The molecule has 0 amide bonds. The number of fused-ring (bicyclic) bond motifs is 1. The molecule has 11 heteroatoms. The van der Waals surface area contributed by atoms with Gasteiger partial charge in [-0.3, -0.25) is 19.6 Å². The maximum absolute atomic E-state index is 13.3. The van der Waals surface area contributed by atoms with Gasteiger partial charge < -0.3 is 4.90 Å². The van der Waals surface area contributed by atoms with E-state index in [1.807, 2.05) is 42.9 Å². The van der Waals surface area contributed by atoms with Crippen LogP contribution in [0.1, 0.15) is 5.56 Å². The number of benzene rings is 2. The third-order valence-electron chi connectivity index (χ3n) is 7.13. The van der Waals surface area contributed by atoms with Crippen LogP contribution < -0.4 is 9.62 Å². The highest BCUT2D eigenvalue weighted by Gasteiger charge is 2.20. The quantitative estimate of drug-likeness (QED) is 0.247. The van der Waals surface area contributed by atoms with Gasteiger partial charge in [0.25, 0.3) is 10.0 Å². The number of halogens is 2. The van der Waals surface area contributed by atoms with E-state index in [1.165, 1.54) is 17.7 Å². The fourth-order valence-corrected chi connectivity index (χ4v) is 6.24. The lowest BCUT2D eigenvalue weighted by Gasteiger charge is -2.36. The van der Waals surface area contributed by atoms with Crippen LogP contribution in [0.4, 0.5) is 15.8 Å². The van der Waals surface area contributed by atoms with Crippen LogP contribution in [0.15, 0.2) is 96.4 Å². The number of rotatable bonds is 7. The summed E-state index contributed by atoms with van der Waals surface area (Å²) in [5.74, 6) is -0.525. The minimum absolute atomic E-state index is 0.00668. The Bertz CT molecular complexity index is 1800. The molecule has 1 N–H and O–H groups in total. The van der Waals surface area contributed by atoms with Crippen molar-refractivity contribution < 1.29 is 12.8 Å². The number of hydrogen-bond acceptors (Lipinski definition) is 7. The molecule has 4 heterocycles. The summed E-state index contributed by atoms with van der Waals surface area (Å²) in [5, 5.41) is 1.00. The van der Waals surface area contributed by atoms with Gasteiger partial charge in [0.05, 0.1) is 16.1 Å². The Morgan fingerprint density at radius 1 is 0.854 bits per heavy atom. The SMILES string of the molecule is O=S(=O)(Nc1cc(-c2ccc3nccc(N4CCN(Cc5ccncc5)CC4)c3c2)cnc1Cl)c1ccc(F)cc1. The molecule has 1 fully saturated rings. The lowest BCUT2D eigenvalue weighted by molar-refractivity contribution is 0.250. The molecular formula is C30H26ClFN6O2S. The normalized spacial score (nSPS) is 14.3. The molecule has 208 valence electrons. The first-order chi connectivity index (χ1) is 19.9. The molecule has 41 heavy (non-hydrogen) atoms. The summed E-state index contributed by atoms with van der Waals surface area (Å²) in [7, 11) is -4.00. The van der Waals surface area contributed by atoms with E-state index in [0.717, 1.165) is 67.0 Å². The van der Waals surface area contributed by atoms with Gasteiger partial charge in [0.2, 0.25) is 0 Å². The maximum atomic E-state index is 13.3. The van der Waals surface area contributed by atoms with Crippen LogP contribution in [-0.2, 0) is 16.6 Å². The van der Waals surface area contributed by atoms with E-state index in [1.54, 1.807) is 12.3 Å². The van der Waals surface area contributed by atoms with Crippen molar-refractivity contribution in [3.63, 3.8) is 0 Å². The van der Waals surface area contributed by atoms with Crippen LogP contribution in [0.5, 0.6) is 0 Å². The fraction of sp³-hybridized carbons (Fsp3) is 0.167. The molecule has 1 saturated heterocycles. The van der Waals surface area contributed by atoms with E-state index in [0.29, 0.717) is 5.56 Å². The van der Waals surface area contributed by atoms with Crippen molar-refractivity contribution in [1.29, 1.82) is 0 Å². The average Bonchev–Trinajstić information content (AvgIpc) is 2.99. The molecule has 1 aliphatic heterocycles. The topological polar surface area (TPSA) is 91.3 Å². The van der Waals surface area contributed by atoms with Gasteiger partial charge in [-0.1, -0.05) is 17.7 Å². The van der Waals surface area contributed by atoms with Gasteiger partial charge in [0.1, 0.15) is 5.82 Å². The second kappa shape index (κ2) is 11.4. The van der Waals surface area contributed by atoms with E-state index in [9.17, 15) is 12.8 Å². The number of hydrogen-bond donors (Lipinski definition) is 1. The van der Waals surface area contributed by atoms with Crippen molar-refractivity contribution in [1.82, 2.24) is 19.9 Å². The van der Waals surface area contributed by atoms with Crippen molar-refractivity contribution in [2.45, 2.75) is 11.4 Å². The Balaban J connectivity index is 1.25. The molecule has 0 atom stereocenters. The Morgan fingerprint density at radius 3 is 2.37 bits per heavy atom. The van der Waals surface area contributed by atoms with Gasteiger partial charge >= 0.3 is 0 Å². The maximum Gasteiger partial charge on any atom is 0.261 e. The average molecular weight is 589 g/mol. The molecule has 0 aliphatic carbocycles. The van der Waals surface area contributed by atoms with E-state index in [-0.39, 0.29) is 15.7 Å². The van der Waals surface area contributed by atoms with Gasteiger partial charge in [0, 0.05) is 74.1 Å². The first-order valence-electron chi connectivity index (χ1n) is 13.0. The Labute approximate surface area is 242 Å². The number of nitrogens with zero attached hydrogens (tertiary/aromatic N) is 5. The van der Waals surface area contributed by atoms with Gasteiger partial charge in [-0.2, -0.15) is 0 Å². The predicted octanol–water partition coefficient (Wildman–Crippen LogP) is 5.61. The minimum atomic E-state index is -4.00. The van der Waals surface area contributed by atoms with Crippen LogP contribution in [0, 0.1) is 5.82 Å². The Kier molecular flexibility index (Phi) is 7.53. The number of nitrogens with one attached hydrogen (secondary N) is 1. The van der Waals surface area contributed by atoms with E-state index in [2.05, 4.69) is 41.6 Å². The molecule has 1 aliphatic rings. The monoisotopic (exact) mass is 588 g/mol.